The van der Waals surface area contributed by atoms with E-state index in [0.717, 1.165) is 30.4 Å². The van der Waals surface area contributed by atoms with Crippen LogP contribution < -0.4 is 0 Å². The van der Waals surface area contributed by atoms with E-state index < -0.39 is 11.9 Å². The molecule has 0 aliphatic heterocycles. The van der Waals surface area contributed by atoms with Crippen LogP contribution in [-0.4, -0.2) is 30.3 Å². The highest BCUT2D eigenvalue weighted by Crippen LogP contribution is 2.35. The number of aromatic nitrogens is 6. The first-order valence-corrected chi connectivity index (χ1v) is 6.98. The molecule has 3 aromatic rings. The number of nitrogens with zero attached hydrogens (tertiary/aromatic N) is 4. The number of fused-ring (bicyclic) bond motifs is 1. The topological polar surface area (TPSA) is 96.3 Å². The maximum Gasteiger partial charge on any atom is 0.433 e. The second kappa shape index (κ2) is 4.93. The molecule has 2 N–H and O–H groups in total. The van der Waals surface area contributed by atoms with Crippen molar-refractivity contribution < 1.29 is 17.7 Å². The van der Waals surface area contributed by atoms with Gasteiger partial charge in [-0.25, -0.2) is 4.98 Å². The normalized spacial score (nSPS) is 18.1. The van der Waals surface area contributed by atoms with Crippen molar-refractivity contribution in [1.29, 1.82) is 0 Å². The van der Waals surface area contributed by atoms with Crippen LogP contribution in [-0.2, 0) is 19.0 Å². The molecule has 3 aromatic heterocycles. The number of H-pyrrole nitrogens is 2. The van der Waals surface area contributed by atoms with Crippen LogP contribution in [0.3, 0.4) is 0 Å². The van der Waals surface area contributed by atoms with Gasteiger partial charge >= 0.3 is 6.18 Å². The SMILES string of the molecule is FC(F)(F)c1[nH]cnc1-c1noc(C2CCc3cn[nH]c3C2)n1. The Labute approximate surface area is 127 Å². The number of alkyl halides is 3. The second-order valence-corrected chi connectivity index (χ2v) is 5.39. The Morgan fingerprint density at radius 1 is 1.30 bits per heavy atom. The first-order chi connectivity index (χ1) is 11.0. The minimum absolute atomic E-state index is 0.0440. The van der Waals surface area contributed by atoms with E-state index in [4.69, 9.17) is 4.52 Å². The van der Waals surface area contributed by atoms with E-state index in [-0.39, 0.29) is 17.4 Å². The molecule has 10 heteroatoms. The lowest BCUT2D eigenvalue weighted by Gasteiger charge is -2.17. The van der Waals surface area contributed by atoms with Gasteiger partial charge in [0.05, 0.1) is 12.5 Å². The molecule has 0 aromatic carbocycles. The maximum absolute atomic E-state index is 12.9. The third-order valence-corrected chi connectivity index (χ3v) is 3.95. The van der Waals surface area contributed by atoms with E-state index in [9.17, 15) is 13.2 Å². The van der Waals surface area contributed by atoms with Crippen LogP contribution in [0.25, 0.3) is 11.5 Å². The molecule has 0 spiro atoms. The molecule has 1 aliphatic rings. The first-order valence-electron chi connectivity index (χ1n) is 6.98. The molecule has 4 rings (SSSR count). The average molecular weight is 324 g/mol. The second-order valence-electron chi connectivity index (χ2n) is 5.39. The van der Waals surface area contributed by atoms with Crippen molar-refractivity contribution in [2.45, 2.75) is 31.4 Å². The molecule has 1 atom stereocenters. The molecular weight excluding hydrogens is 313 g/mol. The zero-order valence-corrected chi connectivity index (χ0v) is 11.7. The molecule has 1 aliphatic carbocycles. The molecule has 7 nitrogen and oxygen atoms in total. The number of halogens is 3. The number of hydrogen-bond donors (Lipinski definition) is 2. The Bertz CT molecular complexity index is 833. The number of nitrogens with one attached hydrogen (secondary N) is 2. The van der Waals surface area contributed by atoms with Crippen molar-refractivity contribution in [3.63, 3.8) is 0 Å². The zero-order chi connectivity index (χ0) is 16.0. The fourth-order valence-corrected chi connectivity index (χ4v) is 2.80. The lowest BCUT2D eigenvalue weighted by atomic mass is 9.88. The summed E-state index contributed by atoms with van der Waals surface area (Å²) in [4.78, 5) is 9.85. The fourth-order valence-electron chi connectivity index (χ4n) is 2.80. The summed E-state index contributed by atoms with van der Waals surface area (Å²) in [6.45, 7) is 0. The standard InChI is InChI=1S/C13H11F3N6O/c14-13(15,16)10-9(17-5-18-10)11-20-12(23-22-11)6-1-2-7-4-19-21-8(7)3-6/h4-6H,1-3H2,(H,17,18)(H,19,21). The van der Waals surface area contributed by atoms with Crippen molar-refractivity contribution in [2.24, 2.45) is 0 Å². The maximum atomic E-state index is 12.9. The van der Waals surface area contributed by atoms with Crippen molar-refractivity contribution in [3.8, 4) is 11.5 Å². The van der Waals surface area contributed by atoms with Crippen LogP contribution in [0.2, 0.25) is 0 Å². The Morgan fingerprint density at radius 2 is 2.17 bits per heavy atom. The molecule has 120 valence electrons. The van der Waals surface area contributed by atoms with Crippen molar-refractivity contribution in [2.75, 3.05) is 0 Å². The highest BCUT2D eigenvalue weighted by Gasteiger charge is 2.38. The van der Waals surface area contributed by atoms with E-state index >= 15 is 0 Å². The van der Waals surface area contributed by atoms with Crippen LogP contribution in [0.15, 0.2) is 17.0 Å². The van der Waals surface area contributed by atoms with Crippen molar-refractivity contribution in [1.82, 2.24) is 30.3 Å². The lowest BCUT2D eigenvalue weighted by Crippen LogP contribution is -2.12. The summed E-state index contributed by atoms with van der Waals surface area (Å²) >= 11 is 0. The van der Waals surface area contributed by atoms with Gasteiger partial charge in [-0.05, 0) is 18.4 Å². The van der Waals surface area contributed by atoms with E-state index in [2.05, 4.69) is 30.3 Å². The highest BCUT2D eigenvalue weighted by atomic mass is 19.4. The molecular formula is C13H11F3N6O. The lowest BCUT2D eigenvalue weighted by molar-refractivity contribution is -0.140. The van der Waals surface area contributed by atoms with E-state index in [1.807, 2.05) is 0 Å². The van der Waals surface area contributed by atoms with Gasteiger partial charge in [0.15, 0.2) is 5.69 Å². The summed E-state index contributed by atoms with van der Waals surface area (Å²) < 4.78 is 43.8. The number of aromatic amines is 2. The molecule has 3 heterocycles. The minimum Gasteiger partial charge on any atom is -0.340 e. The summed E-state index contributed by atoms with van der Waals surface area (Å²) in [5.74, 6) is 0.109. The minimum atomic E-state index is -4.55. The quantitative estimate of drug-likeness (QED) is 0.755. The van der Waals surface area contributed by atoms with Gasteiger partial charge in [-0.2, -0.15) is 23.3 Å². The summed E-state index contributed by atoms with van der Waals surface area (Å²) in [5.41, 5.74) is 0.805. The largest absolute Gasteiger partial charge is 0.433 e. The summed E-state index contributed by atoms with van der Waals surface area (Å²) in [5, 5.41) is 10.6. The van der Waals surface area contributed by atoms with Crippen molar-refractivity contribution >= 4 is 0 Å². The Hall–Kier alpha value is -2.65. The highest BCUT2D eigenvalue weighted by molar-refractivity contribution is 5.52. The fraction of sp³-hybridized carbons (Fsp3) is 0.385. The van der Waals surface area contributed by atoms with Gasteiger partial charge < -0.3 is 9.51 Å². The van der Waals surface area contributed by atoms with Gasteiger partial charge in [-0.15, -0.1) is 0 Å². The Kier molecular flexibility index (Phi) is 3.00. The first kappa shape index (κ1) is 14.0. The van der Waals surface area contributed by atoms with E-state index in [1.54, 1.807) is 6.20 Å². The summed E-state index contributed by atoms with van der Waals surface area (Å²) in [7, 11) is 0. The third kappa shape index (κ3) is 2.39. The van der Waals surface area contributed by atoms with Crippen LogP contribution in [0.4, 0.5) is 13.2 Å². The molecule has 23 heavy (non-hydrogen) atoms. The van der Waals surface area contributed by atoms with Gasteiger partial charge in [0.25, 0.3) is 0 Å². The van der Waals surface area contributed by atoms with Gasteiger partial charge in [-0.3, -0.25) is 5.10 Å². The van der Waals surface area contributed by atoms with E-state index in [0.29, 0.717) is 12.3 Å². The predicted molar refractivity (Wildman–Crippen MR) is 70.2 cm³/mol. The van der Waals surface area contributed by atoms with Gasteiger partial charge in [0.2, 0.25) is 11.7 Å². The number of hydrogen-bond acceptors (Lipinski definition) is 5. The third-order valence-electron chi connectivity index (χ3n) is 3.95. The molecule has 0 amide bonds. The summed E-state index contributed by atoms with van der Waals surface area (Å²) in [6.07, 6.45) is 0.424. The average Bonchev–Trinajstić information content (AvgIpc) is 3.24. The van der Waals surface area contributed by atoms with Crippen molar-refractivity contribution in [3.05, 3.63) is 35.4 Å². The van der Waals surface area contributed by atoms with Gasteiger partial charge in [0.1, 0.15) is 5.69 Å². The smallest absolute Gasteiger partial charge is 0.340 e. The van der Waals surface area contributed by atoms with Crippen LogP contribution in [0.5, 0.6) is 0 Å². The molecule has 0 saturated carbocycles. The van der Waals surface area contributed by atoms with Gasteiger partial charge in [-0.1, -0.05) is 5.16 Å². The predicted octanol–water partition coefficient (Wildman–Crippen LogP) is 2.47. The molecule has 0 fully saturated rings. The van der Waals surface area contributed by atoms with Crippen LogP contribution in [0.1, 0.15) is 35.2 Å². The summed E-state index contributed by atoms with van der Waals surface area (Å²) in [6, 6.07) is 0. The number of imidazole rings is 1. The molecule has 1 unspecified atom stereocenters. The van der Waals surface area contributed by atoms with Gasteiger partial charge in [0, 0.05) is 18.0 Å². The Morgan fingerprint density at radius 3 is 3.00 bits per heavy atom. The molecule has 0 saturated heterocycles. The van der Waals surface area contributed by atoms with Crippen LogP contribution in [0, 0.1) is 0 Å². The molecule has 0 bridgehead atoms. The monoisotopic (exact) mass is 324 g/mol. The van der Waals surface area contributed by atoms with Crippen LogP contribution >= 0.6 is 0 Å². The van der Waals surface area contributed by atoms with E-state index in [1.165, 1.54) is 0 Å². The Balaban J connectivity index is 1.62. The zero-order valence-electron chi connectivity index (χ0n) is 11.7. The number of rotatable bonds is 2. The number of aryl methyl sites for hydroxylation is 1. The molecule has 0 radical (unpaired) electrons.